The van der Waals surface area contributed by atoms with Crippen molar-refractivity contribution in [3.63, 3.8) is 0 Å². The predicted molar refractivity (Wildman–Crippen MR) is 92.1 cm³/mol. The van der Waals surface area contributed by atoms with Crippen molar-refractivity contribution in [1.82, 2.24) is 5.32 Å². The first-order valence-electron chi connectivity index (χ1n) is 8.66. The molecule has 2 aliphatic rings. The van der Waals surface area contributed by atoms with Gasteiger partial charge in [-0.1, -0.05) is 24.2 Å². The van der Waals surface area contributed by atoms with Crippen LogP contribution in [-0.2, 0) is 11.2 Å². The number of thioether (sulfide) groups is 1. The molecular formula is C18H24F2N2OS. The molecule has 6 heteroatoms. The van der Waals surface area contributed by atoms with Gasteiger partial charge in [0.2, 0.25) is 5.91 Å². The van der Waals surface area contributed by atoms with Gasteiger partial charge in [-0.15, -0.1) is 0 Å². The first-order valence-corrected chi connectivity index (χ1v) is 9.54. The maximum Gasteiger partial charge on any atom is 0.288 e. The molecule has 0 saturated heterocycles. The van der Waals surface area contributed by atoms with Gasteiger partial charge in [-0.25, -0.2) is 0 Å². The summed E-state index contributed by atoms with van der Waals surface area (Å²) in [5.74, 6) is -2.60. The second-order valence-electron chi connectivity index (χ2n) is 6.81. The number of aryl methyl sites for hydroxylation is 1. The number of hydrogen-bond acceptors (Lipinski definition) is 3. The molecule has 0 radical (unpaired) electrons. The largest absolute Gasteiger partial charge is 0.369 e. The Morgan fingerprint density at radius 3 is 2.83 bits per heavy atom. The number of halogens is 2. The van der Waals surface area contributed by atoms with Crippen molar-refractivity contribution in [2.75, 3.05) is 0 Å². The Kier molecular flexibility index (Phi) is 5.76. The minimum atomic E-state index is -2.38. The molecule has 1 aromatic carbocycles. The van der Waals surface area contributed by atoms with E-state index in [1.807, 2.05) is 12.1 Å². The van der Waals surface area contributed by atoms with Gasteiger partial charge in [0.25, 0.3) is 5.76 Å². The van der Waals surface area contributed by atoms with E-state index in [-0.39, 0.29) is 17.9 Å². The fourth-order valence-corrected chi connectivity index (χ4v) is 4.59. The third-order valence-corrected chi connectivity index (χ3v) is 5.87. The van der Waals surface area contributed by atoms with E-state index in [9.17, 15) is 13.6 Å². The van der Waals surface area contributed by atoms with E-state index < -0.39 is 5.76 Å². The van der Waals surface area contributed by atoms with Crippen molar-refractivity contribution in [3.05, 3.63) is 29.3 Å². The van der Waals surface area contributed by atoms with Gasteiger partial charge in [0.05, 0.1) is 0 Å². The summed E-state index contributed by atoms with van der Waals surface area (Å²) < 4.78 is 25.1. The summed E-state index contributed by atoms with van der Waals surface area (Å²) in [5, 5.41) is 3.70. The van der Waals surface area contributed by atoms with Crippen LogP contribution in [0.4, 0.5) is 8.78 Å². The molecule has 3 nitrogen and oxygen atoms in total. The van der Waals surface area contributed by atoms with Crippen LogP contribution in [0.15, 0.2) is 23.1 Å². The number of nitrogens with one attached hydrogen (secondary N) is 1. The quantitative estimate of drug-likeness (QED) is 0.786. The average molecular weight is 354 g/mol. The molecule has 0 aromatic heterocycles. The highest BCUT2D eigenvalue weighted by Crippen LogP contribution is 2.35. The Balaban J connectivity index is 1.69. The molecule has 0 unspecified atom stereocenters. The van der Waals surface area contributed by atoms with Crippen LogP contribution < -0.4 is 11.1 Å². The molecule has 1 aromatic rings. The van der Waals surface area contributed by atoms with Gasteiger partial charge in [-0.05, 0) is 61.8 Å². The van der Waals surface area contributed by atoms with Crippen LogP contribution in [-0.4, -0.2) is 17.7 Å². The van der Waals surface area contributed by atoms with Crippen molar-refractivity contribution < 1.29 is 13.6 Å². The van der Waals surface area contributed by atoms with E-state index in [2.05, 4.69) is 5.32 Å². The Hall–Kier alpha value is -1.14. The van der Waals surface area contributed by atoms with Crippen LogP contribution in [0, 0.1) is 5.92 Å². The van der Waals surface area contributed by atoms with Gasteiger partial charge >= 0.3 is 0 Å². The van der Waals surface area contributed by atoms with Crippen LogP contribution in [0.3, 0.4) is 0 Å². The lowest BCUT2D eigenvalue weighted by atomic mass is 9.82. The van der Waals surface area contributed by atoms with E-state index in [1.165, 1.54) is 11.1 Å². The molecule has 0 heterocycles. The molecule has 2 aliphatic carbocycles. The number of fused-ring (bicyclic) bond motifs is 1. The van der Waals surface area contributed by atoms with Gasteiger partial charge in [0, 0.05) is 22.9 Å². The zero-order valence-electron chi connectivity index (χ0n) is 13.6. The van der Waals surface area contributed by atoms with Crippen LogP contribution in [0.25, 0.3) is 0 Å². The van der Waals surface area contributed by atoms with E-state index in [0.29, 0.717) is 22.7 Å². The Morgan fingerprint density at radius 2 is 2.08 bits per heavy atom. The number of rotatable bonds is 5. The Labute approximate surface area is 145 Å². The fraction of sp³-hybridized carbons (Fsp3) is 0.611. The highest BCUT2D eigenvalue weighted by atomic mass is 32.2. The van der Waals surface area contributed by atoms with Crippen molar-refractivity contribution >= 4 is 17.7 Å². The molecule has 0 aliphatic heterocycles. The summed E-state index contributed by atoms with van der Waals surface area (Å²) in [5.41, 5.74) is 7.86. The highest BCUT2D eigenvalue weighted by Gasteiger charge is 2.29. The minimum absolute atomic E-state index is 0.0240. The van der Waals surface area contributed by atoms with E-state index in [4.69, 9.17) is 5.73 Å². The lowest BCUT2D eigenvalue weighted by Crippen LogP contribution is -2.40. The molecule has 0 bridgehead atoms. The zero-order valence-corrected chi connectivity index (χ0v) is 14.5. The molecule has 3 atom stereocenters. The van der Waals surface area contributed by atoms with Crippen molar-refractivity contribution in [2.45, 2.75) is 67.7 Å². The fourth-order valence-electron chi connectivity index (χ4n) is 4.02. The standard InChI is InChI=1S/C18H24F2N2OS/c19-18(20)24-14-7-8-15-11(10-14)3-2-6-16(15)22-13-5-1-4-12(9-13)17(21)23/h7-8,10,12-13,16,18,22H,1-6,9H2,(H2,21,23)/t12-,13+,16+/m1/s1. The number of nitrogens with two attached hydrogens (primary N) is 1. The summed E-state index contributed by atoms with van der Waals surface area (Å²) in [7, 11) is 0. The monoisotopic (exact) mass is 354 g/mol. The summed E-state index contributed by atoms with van der Waals surface area (Å²) >= 11 is 0.607. The lowest BCUT2D eigenvalue weighted by molar-refractivity contribution is -0.123. The maximum absolute atomic E-state index is 12.6. The van der Waals surface area contributed by atoms with Crippen molar-refractivity contribution in [2.24, 2.45) is 11.7 Å². The number of carbonyl (C=O) groups excluding carboxylic acids is 1. The van der Waals surface area contributed by atoms with E-state index in [0.717, 1.165) is 44.9 Å². The molecule has 3 rings (SSSR count). The Morgan fingerprint density at radius 1 is 1.25 bits per heavy atom. The first kappa shape index (κ1) is 17.7. The minimum Gasteiger partial charge on any atom is -0.369 e. The van der Waals surface area contributed by atoms with Crippen LogP contribution >= 0.6 is 11.8 Å². The second kappa shape index (κ2) is 7.83. The first-order chi connectivity index (χ1) is 11.5. The van der Waals surface area contributed by atoms with Crippen LogP contribution in [0.2, 0.25) is 0 Å². The smallest absolute Gasteiger partial charge is 0.288 e. The topological polar surface area (TPSA) is 55.1 Å². The third kappa shape index (κ3) is 4.28. The SMILES string of the molecule is NC(=O)[C@@H]1CCC[C@H](N[C@H]2CCCc3cc(SC(F)F)ccc32)C1. The van der Waals surface area contributed by atoms with Gasteiger partial charge in [-0.2, -0.15) is 8.78 Å². The summed E-state index contributed by atoms with van der Waals surface area (Å²) in [6.07, 6.45) is 6.83. The zero-order chi connectivity index (χ0) is 17.1. The van der Waals surface area contributed by atoms with Crippen LogP contribution in [0.1, 0.15) is 55.7 Å². The molecule has 132 valence electrons. The van der Waals surface area contributed by atoms with E-state index in [1.54, 1.807) is 6.07 Å². The molecule has 1 saturated carbocycles. The maximum atomic E-state index is 12.6. The number of amides is 1. The van der Waals surface area contributed by atoms with Crippen molar-refractivity contribution in [3.8, 4) is 0 Å². The number of alkyl halides is 2. The number of benzene rings is 1. The normalized spacial score (nSPS) is 27.0. The summed E-state index contributed by atoms with van der Waals surface area (Å²) in [6, 6.07) is 6.25. The molecule has 1 fully saturated rings. The summed E-state index contributed by atoms with van der Waals surface area (Å²) in [4.78, 5) is 12.1. The molecule has 24 heavy (non-hydrogen) atoms. The van der Waals surface area contributed by atoms with Gasteiger partial charge in [-0.3, -0.25) is 4.79 Å². The predicted octanol–water partition coefficient (Wildman–Crippen LogP) is 4.01. The number of carbonyl (C=O) groups is 1. The second-order valence-corrected chi connectivity index (χ2v) is 7.88. The number of primary amides is 1. The summed E-state index contributed by atoms with van der Waals surface area (Å²) in [6.45, 7) is 0. The average Bonchev–Trinajstić information content (AvgIpc) is 2.54. The highest BCUT2D eigenvalue weighted by molar-refractivity contribution is 7.99. The van der Waals surface area contributed by atoms with Gasteiger partial charge in [0.15, 0.2) is 0 Å². The van der Waals surface area contributed by atoms with Crippen LogP contribution in [0.5, 0.6) is 0 Å². The van der Waals surface area contributed by atoms with Crippen molar-refractivity contribution in [1.29, 1.82) is 0 Å². The van der Waals surface area contributed by atoms with Gasteiger partial charge < -0.3 is 11.1 Å². The van der Waals surface area contributed by atoms with E-state index >= 15 is 0 Å². The number of hydrogen-bond donors (Lipinski definition) is 2. The molecule has 3 N–H and O–H groups in total. The third-order valence-electron chi connectivity index (χ3n) is 5.17. The lowest BCUT2D eigenvalue weighted by Gasteiger charge is -2.34. The molecule has 0 spiro atoms. The van der Waals surface area contributed by atoms with Gasteiger partial charge in [0.1, 0.15) is 0 Å². The molecule has 1 amide bonds. The Bertz CT molecular complexity index is 596. The molecular weight excluding hydrogens is 330 g/mol.